The van der Waals surface area contributed by atoms with E-state index in [4.69, 9.17) is 18.6 Å². The summed E-state index contributed by atoms with van der Waals surface area (Å²) in [5.41, 5.74) is 3.67. The maximum atomic E-state index is 13.5. The number of aromatic nitrogens is 1. The topological polar surface area (TPSA) is 82.8 Å². The Morgan fingerprint density at radius 1 is 0.889 bits per heavy atom. The quantitative estimate of drug-likeness (QED) is 0.279. The molecule has 0 aliphatic rings. The molecule has 0 radical (unpaired) electrons. The van der Waals surface area contributed by atoms with Crippen molar-refractivity contribution in [2.45, 2.75) is 6.61 Å². The van der Waals surface area contributed by atoms with Crippen LogP contribution >= 0.6 is 0 Å². The minimum absolute atomic E-state index is 0.208. The highest BCUT2D eigenvalue weighted by Gasteiger charge is 2.23. The number of carbonyl (C=O) groups is 1. The summed E-state index contributed by atoms with van der Waals surface area (Å²) in [6.45, 7) is 0.333. The zero-order chi connectivity index (χ0) is 24.9. The molecule has 0 saturated carbocycles. The normalized spacial score (nSPS) is 10.7. The third-order valence-corrected chi connectivity index (χ3v) is 5.73. The van der Waals surface area contributed by atoms with E-state index in [1.54, 1.807) is 50.9 Å². The van der Waals surface area contributed by atoms with Gasteiger partial charge < -0.3 is 23.9 Å². The first kappa shape index (κ1) is 23.0. The lowest BCUT2D eigenvalue weighted by Crippen LogP contribution is -2.12. The molecule has 0 unspecified atom stereocenters. The number of carbonyl (C=O) groups excluding carboxylic acids is 1. The molecule has 1 amide bonds. The molecule has 1 N–H and O–H groups in total. The number of furan rings is 1. The summed E-state index contributed by atoms with van der Waals surface area (Å²) in [5.74, 6) is 1.54. The number of pyridine rings is 1. The van der Waals surface area contributed by atoms with Crippen LogP contribution < -0.4 is 19.5 Å². The van der Waals surface area contributed by atoms with Crippen LogP contribution in [0, 0.1) is 0 Å². The van der Waals surface area contributed by atoms with Crippen LogP contribution in [-0.2, 0) is 6.61 Å². The van der Waals surface area contributed by atoms with Crippen molar-refractivity contribution in [3.05, 3.63) is 103 Å². The molecule has 0 atom stereocenters. The minimum atomic E-state index is -0.380. The molecule has 7 nitrogen and oxygen atoms in total. The molecule has 7 heteroatoms. The SMILES string of the molecule is COc1ccc2c(-c3ccccc3)c(C(=O)Nc3ccc(OC)c(OCc4ccncc4)c3)oc2c1. The lowest BCUT2D eigenvalue weighted by atomic mass is 10.0. The molecule has 2 aromatic heterocycles. The number of anilines is 1. The number of nitrogens with one attached hydrogen (secondary N) is 1. The van der Waals surface area contributed by atoms with E-state index in [0.29, 0.717) is 40.7 Å². The van der Waals surface area contributed by atoms with E-state index in [1.807, 2.05) is 54.6 Å². The van der Waals surface area contributed by atoms with E-state index in [2.05, 4.69) is 10.3 Å². The Bertz CT molecular complexity index is 1500. The lowest BCUT2D eigenvalue weighted by Gasteiger charge is -2.13. The Kier molecular flexibility index (Phi) is 6.53. The second-order valence-corrected chi connectivity index (χ2v) is 8.00. The van der Waals surface area contributed by atoms with Gasteiger partial charge in [-0.1, -0.05) is 30.3 Å². The molecular weight excluding hydrogens is 456 g/mol. The Morgan fingerprint density at radius 3 is 2.44 bits per heavy atom. The molecule has 0 aliphatic heterocycles. The summed E-state index contributed by atoms with van der Waals surface area (Å²) in [6.07, 6.45) is 3.42. The standard InChI is InChI=1S/C29H24N2O5/c1-33-22-9-10-23-25(17-22)36-28(27(23)20-6-4-3-5-7-20)29(32)31-21-8-11-24(34-2)26(16-21)35-18-19-12-14-30-15-13-19/h3-17H,18H2,1-2H3,(H,31,32). The predicted octanol–water partition coefficient (Wildman–Crippen LogP) is 6.34. The zero-order valence-corrected chi connectivity index (χ0v) is 19.9. The van der Waals surface area contributed by atoms with Gasteiger partial charge in [-0.3, -0.25) is 9.78 Å². The fourth-order valence-electron chi connectivity index (χ4n) is 3.95. The van der Waals surface area contributed by atoms with Crippen molar-refractivity contribution in [2.24, 2.45) is 0 Å². The number of hydrogen-bond acceptors (Lipinski definition) is 6. The molecule has 0 spiro atoms. The number of hydrogen-bond donors (Lipinski definition) is 1. The van der Waals surface area contributed by atoms with Gasteiger partial charge in [0, 0.05) is 41.2 Å². The van der Waals surface area contributed by atoms with Gasteiger partial charge in [0.25, 0.3) is 5.91 Å². The van der Waals surface area contributed by atoms with Crippen LogP contribution in [0.3, 0.4) is 0 Å². The summed E-state index contributed by atoms with van der Waals surface area (Å²) in [7, 11) is 3.16. The molecule has 2 heterocycles. The first-order valence-corrected chi connectivity index (χ1v) is 11.3. The molecule has 0 aliphatic carbocycles. The van der Waals surface area contributed by atoms with Crippen molar-refractivity contribution < 1.29 is 23.4 Å². The minimum Gasteiger partial charge on any atom is -0.497 e. The molecule has 0 bridgehead atoms. The van der Waals surface area contributed by atoms with Gasteiger partial charge in [-0.2, -0.15) is 0 Å². The second kappa shape index (κ2) is 10.2. The smallest absolute Gasteiger partial charge is 0.292 e. The Hall–Kier alpha value is -4.78. The van der Waals surface area contributed by atoms with Crippen molar-refractivity contribution in [1.29, 1.82) is 0 Å². The van der Waals surface area contributed by atoms with Crippen molar-refractivity contribution >= 4 is 22.6 Å². The van der Waals surface area contributed by atoms with Crippen LogP contribution in [0.2, 0.25) is 0 Å². The van der Waals surface area contributed by atoms with Gasteiger partial charge in [-0.15, -0.1) is 0 Å². The zero-order valence-electron chi connectivity index (χ0n) is 19.9. The van der Waals surface area contributed by atoms with E-state index in [9.17, 15) is 4.79 Å². The monoisotopic (exact) mass is 480 g/mol. The van der Waals surface area contributed by atoms with Crippen LogP contribution in [0.5, 0.6) is 17.2 Å². The summed E-state index contributed by atoms with van der Waals surface area (Å²) < 4.78 is 22.8. The number of rotatable bonds is 8. The number of benzene rings is 3. The Labute approximate surface area is 208 Å². The van der Waals surface area contributed by atoms with Crippen molar-refractivity contribution in [2.75, 3.05) is 19.5 Å². The molecule has 5 aromatic rings. The number of fused-ring (bicyclic) bond motifs is 1. The van der Waals surface area contributed by atoms with Crippen molar-refractivity contribution in [3.63, 3.8) is 0 Å². The number of amides is 1. The average molecular weight is 481 g/mol. The molecule has 36 heavy (non-hydrogen) atoms. The van der Waals surface area contributed by atoms with E-state index < -0.39 is 0 Å². The van der Waals surface area contributed by atoms with Gasteiger partial charge in [0.1, 0.15) is 17.9 Å². The average Bonchev–Trinajstić information content (AvgIpc) is 3.32. The van der Waals surface area contributed by atoms with Crippen LogP contribution in [0.25, 0.3) is 22.1 Å². The first-order chi connectivity index (χ1) is 17.7. The van der Waals surface area contributed by atoms with Gasteiger partial charge in [0.05, 0.1) is 14.2 Å². The highest BCUT2D eigenvalue weighted by Crippen LogP contribution is 2.37. The van der Waals surface area contributed by atoms with Crippen LogP contribution in [0.4, 0.5) is 5.69 Å². The highest BCUT2D eigenvalue weighted by atomic mass is 16.5. The maximum absolute atomic E-state index is 13.5. The van der Waals surface area contributed by atoms with Gasteiger partial charge in [-0.25, -0.2) is 0 Å². The van der Waals surface area contributed by atoms with E-state index >= 15 is 0 Å². The molecule has 0 fully saturated rings. The number of ether oxygens (including phenoxy) is 3. The van der Waals surface area contributed by atoms with Gasteiger partial charge in [-0.05, 0) is 47.5 Å². The summed E-state index contributed by atoms with van der Waals surface area (Å²) in [6, 6.07) is 24.2. The van der Waals surface area contributed by atoms with Gasteiger partial charge in [0.2, 0.25) is 5.76 Å². The molecule has 5 rings (SSSR count). The number of methoxy groups -OCH3 is 2. The predicted molar refractivity (Wildman–Crippen MR) is 138 cm³/mol. The fraction of sp³-hybridized carbons (Fsp3) is 0.103. The summed E-state index contributed by atoms with van der Waals surface area (Å²) >= 11 is 0. The third-order valence-electron chi connectivity index (χ3n) is 5.73. The number of nitrogens with zero attached hydrogens (tertiary/aromatic N) is 1. The fourth-order valence-corrected chi connectivity index (χ4v) is 3.95. The van der Waals surface area contributed by atoms with Crippen molar-refractivity contribution in [3.8, 4) is 28.4 Å². The van der Waals surface area contributed by atoms with Gasteiger partial charge in [0.15, 0.2) is 11.5 Å². The second-order valence-electron chi connectivity index (χ2n) is 8.00. The maximum Gasteiger partial charge on any atom is 0.292 e. The van der Waals surface area contributed by atoms with Crippen LogP contribution in [-0.4, -0.2) is 25.1 Å². The van der Waals surface area contributed by atoms with Crippen LogP contribution in [0.1, 0.15) is 16.1 Å². The summed E-state index contributed by atoms with van der Waals surface area (Å²) in [5, 5.41) is 3.76. The van der Waals surface area contributed by atoms with E-state index in [0.717, 1.165) is 16.5 Å². The Morgan fingerprint density at radius 2 is 1.69 bits per heavy atom. The molecule has 3 aromatic carbocycles. The van der Waals surface area contributed by atoms with E-state index in [1.165, 1.54) is 0 Å². The highest BCUT2D eigenvalue weighted by molar-refractivity contribution is 6.12. The lowest BCUT2D eigenvalue weighted by molar-refractivity contribution is 0.0999. The van der Waals surface area contributed by atoms with E-state index in [-0.39, 0.29) is 11.7 Å². The Balaban J connectivity index is 1.47. The largest absolute Gasteiger partial charge is 0.497 e. The van der Waals surface area contributed by atoms with Gasteiger partial charge >= 0.3 is 0 Å². The first-order valence-electron chi connectivity index (χ1n) is 11.3. The van der Waals surface area contributed by atoms with Crippen molar-refractivity contribution in [1.82, 2.24) is 4.98 Å². The van der Waals surface area contributed by atoms with Crippen LogP contribution in [0.15, 0.2) is 95.7 Å². The third kappa shape index (κ3) is 4.72. The summed E-state index contributed by atoms with van der Waals surface area (Å²) in [4.78, 5) is 17.5. The molecular formula is C29H24N2O5. The molecule has 0 saturated heterocycles. The molecule has 180 valence electrons.